The minimum atomic E-state index is -0.833. The van der Waals surface area contributed by atoms with Crippen molar-refractivity contribution in [3.8, 4) is 5.75 Å². The minimum Gasteiger partial charge on any atom is -0.481 e. The Kier molecular flexibility index (Phi) is 16.8. The Labute approximate surface area is 383 Å². The van der Waals surface area contributed by atoms with Crippen LogP contribution in [0, 0.1) is 64.6 Å². The van der Waals surface area contributed by atoms with E-state index in [0.717, 1.165) is 68.6 Å². The molecule has 0 spiro atoms. The summed E-state index contributed by atoms with van der Waals surface area (Å²) in [4.78, 5) is 44.5. The summed E-state index contributed by atoms with van der Waals surface area (Å²) in [5, 5.41) is 7.42. The van der Waals surface area contributed by atoms with Gasteiger partial charge in [-0.25, -0.2) is 0 Å². The first-order valence-electron chi connectivity index (χ1n) is 24.7. The summed E-state index contributed by atoms with van der Waals surface area (Å²) in [5.41, 5.74) is 1.04. The van der Waals surface area contributed by atoms with Crippen LogP contribution in [-0.2, 0) is 38.1 Å². The molecular formula is C54H78O10. The number of carbonyl (C=O) groups excluding carboxylic acids is 3. The topological polar surface area (TPSA) is 141 Å². The van der Waals surface area contributed by atoms with Crippen molar-refractivity contribution in [2.24, 2.45) is 64.6 Å². The van der Waals surface area contributed by atoms with Gasteiger partial charge in [0.05, 0.1) is 41.7 Å². The zero-order chi connectivity index (χ0) is 46.5. The van der Waals surface area contributed by atoms with E-state index in [0.29, 0.717) is 53.8 Å². The number of rotatable bonds is 11. The van der Waals surface area contributed by atoms with Crippen molar-refractivity contribution >= 4 is 23.9 Å². The van der Waals surface area contributed by atoms with Gasteiger partial charge in [0.1, 0.15) is 18.0 Å². The Hall–Kier alpha value is -3.76. The quantitative estimate of drug-likeness (QED) is 0.132. The lowest BCUT2D eigenvalue weighted by Crippen LogP contribution is -2.35. The number of epoxide rings is 2. The molecule has 10 rings (SSSR count). The molecule has 64 heavy (non-hydrogen) atoms. The number of hydrogen-bond acceptors (Lipinski definition) is 9. The maximum absolute atomic E-state index is 11.9. The number of para-hydroxylation sites is 1. The Morgan fingerprint density at radius 3 is 1.66 bits per heavy atom. The zero-order valence-corrected chi connectivity index (χ0v) is 40.3. The lowest BCUT2D eigenvalue weighted by atomic mass is 9.79. The van der Waals surface area contributed by atoms with Crippen LogP contribution in [0.2, 0.25) is 0 Å². The average molecular weight is 887 g/mol. The second kappa shape index (κ2) is 21.7. The van der Waals surface area contributed by atoms with E-state index in [4.69, 9.17) is 33.6 Å². The number of esters is 3. The van der Waals surface area contributed by atoms with Crippen LogP contribution in [0.4, 0.5) is 0 Å². The predicted molar refractivity (Wildman–Crippen MR) is 246 cm³/mol. The van der Waals surface area contributed by atoms with Crippen molar-refractivity contribution < 1.29 is 48.0 Å². The van der Waals surface area contributed by atoms with Crippen molar-refractivity contribution in [1.29, 1.82) is 0 Å². The molecule has 0 amide bonds. The van der Waals surface area contributed by atoms with Gasteiger partial charge >= 0.3 is 17.9 Å². The third kappa shape index (κ3) is 11.8. The number of benzene rings is 2. The summed E-state index contributed by atoms with van der Waals surface area (Å²) in [7, 11) is 0. The molecule has 17 atom stereocenters. The van der Waals surface area contributed by atoms with Crippen LogP contribution in [0.15, 0.2) is 60.7 Å². The molecule has 354 valence electrons. The van der Waals surface area contributed by atoms with E-state index in [-0.39, 0.29) is 42.0 Å². The van der Waals surface area contributed by atoms with Gasteiger partial charge in [0.25, 0.3) is 5.97 Å². The number of aliphatic carboxylic acids is 1. The highest BCUT2D eigenvalue weighted by Gasteiger charge is 2.68. The molecule has 8 aliphatic rings. The Bertz CT molecular complexity index is 1840. The summed E-state index contributed by atoms with van der Waals surface area (Å²) in [5.74, 6) is 6.47. The van der Waals surface area contributed by atoms with Gasteiger partial charge in [-0.1, -0.05) is 97.0 Å². The molecule has 0 aromatic heterocycles. The number of carbonyl (C=O) groups is 4. The van der Waals surface area contributed by atoms with E-state index < -0.39 is 11.4 Å². The molecule has 6 aliphatic carbocycles. The van der Waals surface area contributed by atoms with Crippen molar-refractivity contribution in [3.63, 3.8) is 0 Å². The molecule has 2 heterocycles. The molecule has 2 aromatic rings. The molecule has 2 aliphatic heterocycles. The van der Waals surface area contributed by atoms with Crippen molar-refractivity contribution in [3.05, 3.63) is 66.2 Å². The van der Waals surface area contributed by atoms with Gasteiger partial charge < -0.3 is 28.8 Å². The molecule has 17 unspecified atom stereocenters. The fraction of sp³-hybridized carbons (Fsp3) is 0.704. The van der Waals surface area contributed by atoms with E-state index >= 15 is 0 Å². The highest BCUT2D eigenvalue weighted by Crippen LogP contribution is 2.66. The van der Waals surface area contributed by atoms with Crippen molar-refractivity contribution in [2.75, 3.05) is 0 Å². The van der Waals surface area contributed by atoms with Crippen LogP contribution in [0.3, 0.4) is 0 Å². The largest absolute Gasteiger partial charge is 0.481 e. The number of fused-ring (bicyclic) bond motifs is 14. The summed E-state index contributed by atoms with van der Waals surface area (Å²) in [6, 6.07) is 19.8. The second-order valence-electron chi connectivity index (χ2n) is 20.8. The van der Waals surface area contributed by atoms with E-state index in [2.05, 4.69) is 44.2 Å². The van der Waals surface area contributed by atoms with Crippen LogP contribution in [0.25, 0.3) is 0 Å². The Balaban J connectivity index is 0.000000141. The molecule has 10 heteroatoms. The van der Waals surface area contributed by atoms with Gasteiger partial charge in [0.2, 0.25) is 0 Å². The lowest BCUT2D eigenvalue weighted by molar-refractivity contribution is -0.159. The SMILES string of the molecule is CC(=O)O.CCC(C)(C)C(=O)Oc1ccccc1.CCC(C)C(=O)OC1CC2CC1C1C2CC2OC21.CCC(C)C(=O)OC1CC2CC1C1CC3OC3C21.CCC(C)c1ccccc1. The number of carboxylic acids is 1. The van der Waals surface area contributed by atoms with Crippen LogP contribution in [0.1, 0.15) is 145 Å². The summed E-state index contributed by atoms with van der Waals surface area (Å²) >= 11 is 0. The van der Waals surface area contributed by atoms with E-state index in [9.17, 15) is 14.4 Å². The van der Waals surface area contributed by atoms with Crippen LogP contribution < -0.4 is 4.74 Å². The molecule has 4 bridgehead atoms. The van der Waals surface area contributed by atoms with Crippen LogP contribution >= 0.6 is 0 Å². The highest BCUT2D eigenvalue weighted by atomic mass is 16.6. The predicted octanol–water partition coefficient (Wildman–Crippen LogP) is 11.1. The third-order valence-electron chi connectivity index (χ3n) is 16.3. The van der Waals surface area contributed by atoms with Gasteiger partial charge in [-0.3, -0.25) is 19.2 Å². The number of carboxylic acid groups (broad SMARTS) is 1. The summed E-state index contributed by atoms with van der Waals surface area (Å²) in [6.45, 7) is 19.3. The first-order chi connectivity index (χ1) is 30.5. The lowest BCUT2D eigenvalue weighted by Gasteiger charge is -2.32. The third-order valence-corrected chi connectivity index (χ3v) is 16.3. The molecule has 2 saturated heterocycles. The Morgan fingerprint density at radius 1 is 0.641 bits per heavy atom. The molecule has 6 saturated carbocycles. The molecule has 0 radical (unpaired) electrons. The normalized spacial score (nSPS) is 34.6. The second-order valence-corrected chi connectivity index (χ2v) is 20.8. The molecule has 1 N–H and O–H groups in total. The standard InChI is InChI=1S/2C15H22O3.C12H16O2.C10H14.C2H4O2/c1-3-7(2)15(16)18-11-5-8-4-10(11)13-9(8)6-12-14(13)17-12;1-3-7(2)15(16)18-11-5-8-4-9(11)10-6-12-14(17-12)13(8)10;1-4-12(2,3)11(13)14-10-8-6-5-7-9-10;1-3-9(2)10-7-5-4-6-8-10;1-2(3)4/h2*7-14H,3-6H2,1-2H3;5-9H,4H2,1-3H3;4-9H,3H2,1-2H3;1H3,(H,3,4). The van der Waals surface area contributed by atoms with Gasteiger partial charge in [-0.05, 0) is 143 Å². The fourth-order valence-electron chi connectivity index (χ4n) is 11.5. The maximum Gasteiger partial charge on any atom is 0.316 e. The van der Waals surface area contributed by atoms with E-state index in [1.165, 1.54) is 37.7 Å². The monoisotopic (exact) mass is 887 g/mol. The molecule has 10 nitrogen and oxygen atoms in total. The summed E-state index contributed by atoms with van der Waals surface area (Å²) < 4.78 is 28.2. The highest BCUT2D eigenvalue weighted by molar-refractivity contribution is 5.78. The first kappa shape index (κ1) is 49.7. The average Bonchev–Trinajstić information content (AvgIpc) is 3.73. The molecular weight excluding hydrogens is 809 g/mol. The van der Waals surface area contributed by atoms with E-state index in [1.54, 1.807) is 12.1 Å². The number of ether oxygens (including phenoxy) is 5. The molecule has 2 aromatic carbocycles. The smallest absolute Gasteiger partial charge is 0.316 e. The first-order valence-corrected chi connectivity index (χ1v) is 24.7. The van der Waals surface area contributed by atoms with Crippen molar-refractivity contribution in [2.45, 2.75) is 176 Å². The van der Waals surface area contributed by atoms with Crippen LogP contribution in [0.5, 0.6) is 5.75 Å². The van der Waals surface area contributed by atoms with Crippen molar-refractivity contribution in [1.82, 2.24) is 0 Å². The maximum atomic E-state index is 11.9. The van der Waals surface area contributed by atoms with Gasteiger partial charge in [-0.15, -0.1) is 0 Å². The summed E-state index contributed by atoms with van der Waals surface area (Å²) in [6.07, 6.45) is 13.7. The van der Waals surface area contributed by atoms with E-state index in [1.807, 2.05) is 66.7 Å². The minimum absolute atomic E-state index is 0.0119. The van der Waals surface area contributed by atoms with Crippen LogP contribution in [-0.4, -0.2) is 65.6 Å². The van der Waals surface area contributed by atoms with Gasteiger partial charge in [-0.2, -0.15) is 0 Å². The molecule has 8 fully saturated rings. The van der Waals surface area contributed by atoms with Gasteiger partial charge in [0, 0.05) is 12.8 Å². The number of hydrogen-bond donors (Lipinski definition) is 1. The Morgan fingerprint density at radius 2 is 1.12 bits per heavy atom. The van der Waals surface area contributed by atoms with Gasteiger partial charge in [0.15, 0.2) is 0 Å². The fourth-order valence-corrected chi connectivity index (χ4v) is 11.5. The zero-order valence-electron chi connectivity index (χ0n) is 40.3.